The fraction of sp³-hybridized carbons (Fsp3) is 0.923. The Morgan fingerprint density at radius 3 is 2.75 bits per heavy atom. The molecule has 0 aromatic heterocycles. The Balaban J connectivity index is 2.44. The topological polar surface area (TPSA) is 52.3 Å². The summed E-state index contributed by atoms with van der Waals surface area (Å²) >= 11 is 0. The number of carbonyl (C=O) groups excluding carboxylic acids is 1. The van der Waals surface area contributed by atoms with Gasteiger partial charge in [-0.1, -0.05) is 26.7 Å². The van der Waals surface area contributed by atoms with Gasteiger partial charge >= 0.3 is 5.97 Å². The fourth-order valence-corrected chi connectivity index (χ4v) is 2.39. The Morgan fingerprint density at radius 1 is 1.50 bits per heavy atom. The van der Waals surface area contributed by atoms with Gasteiger partial charge in [-0.3, -0.25) is 4.79 Å². The van der Waals surface area contributed by atoms with E-state index in [4.69, 9.17) is 10.5 Å². The smallest absolute Gasteiger partial charge is 0.326 e. The maximum atomic E-state index is 11.9. The van der Waals surface area contributed by atoms with Crippen LogP contribution >= 0.6 is 0 Å². The van der Waals surface area contributed by atoms with Crippen LogP contribution in [0, 0.1) is 5.92 Å². The van der Waals surface area contributed by atoms with Gasteiger partial charge in [0.1, 0.15) is 11.6 Å². The molecule has 1 aliphatic carbocycles. The van der Waals surface area contributed by atoms with Gasteiger partial charge in [0.25, 0.3) is 0 Å². The second-order valence-electron chi connectivity index (χ2n) is 5.47. The van der Waals surface area contributed by atoms with Crippen LogP contribution in [0.2, 0.25) is 0 Å². The molecule has 1 aliphatic rings. The van der Waals surface area contributed by atoms with Gasteiger partial charge in [-0.05, 0) is 38.5 Å². The van der Waals surface area contributed by atoms with Crippen LogP contribution in [0.5, 0.6) is 0 Å². The van der Waals surface area contributed by atoms with E-state index in [1.165, 1.54) is 6.42 Å². The normalized spacial score (nSPS) is 29.5. The van der Waals surface area contributed by atoms with E-state index in [1.54, 1.807) is 6.92 Å². The van der Waals surface area contributed by atoms with Crippen molar-refractivity contribution in [2.75, 3.05) is 0 Å². The maximum absolute atomic E-state index is 11.9. The summed E-state index contributed by atoms with van der Waals surface area (Å²) in [5, 5.41) is 0. The van der Waals surface area contributed by atoms with Gasteiger partial charge in [-0.15, -0.1) is 0 Å². The Hall–Kier alpha value is -0.570. The van der Waals surface area contributed by atoms with E-state index in [2.05, 4.69) is 6.92 Å². The van der Waals surface area contributed by atoms with E-state index < -0.39 is 5.54 Å². The van der Waals surface area contributed by atoms with Crippen molar-refractivity contribution >= 4 is 5.97 Å². The molecule has 3 heteroatoms. The number of rotatable bonds is 4. The van der Waals surface area contributed by atoms with Crippen LogP contribution in [0.1, 0.15) is 59.3 Å². The first-order valence-corrected chi connectivity index (χ1v) is 6.45. The van der Waals surface area contributed by atoms with Crippen LogP contribution in [0.3, 0.4) is 0 Å². The summed E-state index contributed by atoms with van der Waals surface area (Å²) in [4.78, 5) is 11.9. The van der Waals surface area contributed by atoms with Crippen LogP contribution < -0.4 is 5.73 Å². The quantitative estimate of drug-likeness (QED) is 0.751. The van der Waals surface area contributed by atoms with E-state index in [0.717, 1.165) is 25.7 Å². The second kappa shape index (κ2) is 5.67. The molecule has 0 amide bonds. The highest BCUT2D eigenvalue weighted by molar-refractivity contribution is 5.80. The molecule has 0 aromatic rings. The number of hydrogen-bond donors (Lipinski definition) is 1. The van der Waals surface area contributed by atoms with Gasteiger partial charge in [0, 0.05) is 0 Å². The summed E-state index contributed by atoms with van der Waals surface area (Å²) in [7, 11) is 0. The van der Waals surface area contributed by atoms with Crippen LogP contribution in [0.15, 0.2) is 0 Å². The molecule has 94 valence electrons. The zero-order valence-electron chi connectivity index (χ0n) is 10.8. The van der Waals surface area contributed by atoms with Crippen LogP contribution in [-0.4, -0.2) is 17.6 Å². The predicted octanol–water partition coefficient (Wildman–Crippen LogP) is 2.63. The highest BCUT2D eigenvalue weighted by Gasteiger charge is 2.32. The summed E-state index contributed by atoms with van der Waals surface area (Å²) in [6.45, 7) is 6.01. The number of esters is 1. The lowest BCUT2D eigenvalue weighted by molar-refractivity contribution is -0.157. The summed E-state index contributed by atoms with van der Waals surface area (Å²) in [5.74, 6) is 0.440. The molecule has 1 saturated carbocycles. The molecule has 1 fully saturated rings. The predicted molar refractivity (Wildman–Crippen MR) is 65.0 cm³/mol. The zero-order valence-corrected chi connectivity index (χ0v) is 10.8. The number of carbonyl (C=O) groups is 1. The summed E-state index contributed by atoms with van der Waals surface area (Å²) in [5.41, 5.74) is 5.14. The molecular formula is C13H25NO2. The molecule has 0 bridgehead atoms. The van der Waals surface area contributed by atoms with Gasteiger partial charge < -0.3 is 10.5 Å². The van der Waals surface area contributed by atoms with Crippen LogP contribution in [0.4, 0.5) is 0 Å². The molecular weight excluding hydrogens is 202 g/mol. The zero-order chi connectivity index (χ0) is 12.2. The third kappa shape index (κ3) is 3.78. The molecule has 0 heterocycles. The Kier molecular flexibility index (Phi) is 4.78. The summed E-state index contributed by atoms with van der Waals surface area (Å²) in [6, 6.07) is 0. The molecule has 0 saturated heterocycles. The summed E-state index contributed by atoms with van der Waals surface area (Å²) in [6.07, 6.45) is 6.09. The lowest BCUT2D eigenvalue weighted by atomic mass is 9.88. The van der Waals surface area contributed by atoms with Crippen LogP contribution in [-0.2, 0) is 9.53 Å². The van der Waals surface area contributed by atoms with Crippen molar-refractivity contribution in [3.8, 4) is 0 Å². The molecule has 0 aromatic carbocycles. The average Bonchev–Trinajstić information content (AvgIpc) is 2.17. The third-order valence-electron chi connectivity index (χ3n) is 3.40. The molecule has 0 spiro atoms. The minimum Gasteiger partial charge on any atom is -0.461 e. The first-order chi connectivity index (χ1) is 7.45. The molecule has 3 atom stereocenters. The van der Waals surface area contributed by atoms with Gasteiger partial charge in [-0.25, -0.2) is 0 Å². The first kappa shape index (κ1) is 13.5. The third-order valence-corrected chi connectivity index (χ3v) is 3.40. The highest BCUT2D eigenvalue weighted by Crippen LogP contribution is 2.26. The van der Waals surface area contributed by atoms with Crippen molar-refractivity contribution < 1.29 is 9.53 Å². The molecule has 1 rings (SSSR count). The van der Waals surface area contributed by atoms with E-state index >= 15 is 0 Å². The minimum absolute atomic E-state index is 0.0935. The van der Waals surface area contributed by atoms with Crippen molar-refractivity contribution in [2.24, 2.45) is 11.7 Å². The SMILES string of the molecule is CCCC(C)(N)C(=O)OC1CCCC(C)C1. The first-order valence-electron chi connectivity index (χ1n) is 6.45. The molecule has 2 N–H and O–H groups in total. The van der Waals surface area contributed by atoms with Crippen molar-refractivity contribution in [2.45, 2.75) is 70.9 Å². The minimum atomic E-state index is -0.810. The molecule has 3 nitrogen and oxygen atoms in total. The number of hydrogen-bond acceptors (Lipinski definition) is 3. The Labute approximate surface area is 98.7 Å². The number of ether oxygens (including phenoxy) is 1. The lowest BCUT2D eigenvalue weighted by Crippen LogP contribution is -2.47. The standard InChI is InChI=1S/C13H25NO2/c1-4-8-13(3,14)12(15)16-11-7-5-6-10(2)9-11/h10-11H,4-9,14H2,1-3H3. The van der Waals surface area contributed by atoms with Gasteiger partial charge in [0.2, 0.25) is 0 Å². The molecule has 0 aliphatic heterocycles. The average molecular weight is 227 g/mol. The highest BCUT2D eigenvalue weighted by atomic mass is 16.5. The van der Waals surface area contributed by atoms with Crippen molar-refractivity contribution in [1.82, 2.24) is 0 Å². The Morgan fingerprint density at radius 2 is 2.19 bits per heavy atom. The van der Waals surface area contributed by atoms with Gasteiger partial charge in [0.15, 0.2) is 0 Å². The van der Waals surface area contributed by atoms with E-state index in [1.807, 2.05) is 6.92 Å². The lowest BCUT2D eigenvalue weighted by Gasteiger charge is -2.30. The van der Waals surface area contributed by atoms with Crippen molar-refractivity contribution in [3.63, 3.8) is 0 Å². The maximum Gasteiger partial charge on any atom is 0.326 e. The monoisotopic (exact) mass is 227 g/mol. The van der Waals surface area contributed by atoms with E-state index in [-0.39, 0.29) is 12.1 Å². The largest absolute Gasteiger partial charge is 0.461 e. The van der Waals surface area contributed by atoms with Crippen molar-refractivity contribution in [1.29, 1.82) is 0 Å². The molecule has 3 unspecified atom stereocenters. The van der Waals surface area contributed by atoms with Crippen molar-refractivity contribution in [3.05, 3.63) is 0 Å². The second-order valence-corrected chi connectivity index (χ2v) is 5.47. The summed E-state index contributed by atoms with van der Waals surface area (Å²) < 4.78 is 5.52. The van der Waals surface area contributed by atoms with E-state index in [9.17, 15) is 4.79 Å². The molecule has 0 radical (unpaired) electrons. The van der Waals surface area contributed by atoms with Gasteiger partial charge in [-0.2, -0.15) is 0 Å². The van der Waals surface area contributed by atoms with E-state index in [0.29, 0.717) is 12.3 Å². The van der Waals surface area contributed by atoms with Gasteiger partial charge in [0.05, 0.1) is 0 Å². The molecule has 16 heavy (non-hydrogen) atoms. The van der Waals surface area contributed by atoms with Crippen LogP contribution in [0.25, 0.3) is 0 Å². The number of nitrogens with two attached hydrogens (primary N) is 1. The Bertz CT molecular complexity index is 238. The fourth-order valence-electron chi connectivity index (χ4n) is 2.39.